The van der Waals surface area contributed by atoms with Crippen LogP contribution in [0.4, 0.5) is 8.78 Å². The van der Waals surface area contributed by atoms with Gasteiger partial charge in [-0.3, -0.25) is 0 Å². The Morgan fingerprint density at radius 3 is 1.61 bits per heavy atom. The molecule has 0 aliphatic heterocycles. The van der Waals surface area contributed by atoms with Crippen molar-refractivity contribution in [3.8, 4) is 0 Å². The van der Waals surface area contributed by atoms with E-state index in [1.165, 1.54) is 31.2 Å². The van der Waals surface area contributed by atoms with Gasteiger partial charge in [-0.15, -0.1) is 0 Å². The summed E-state index contributed by atoms with van der Waals surface area (Å²) in [5, 5.41) is 11.2. The largest absolute Gasteiger partial charge is 0.379 e. The van der Waals surface area contributed by atoms with E-state index in [1.54, 1.807) is 0 Å². The Morgan fingerprint density at radius 1 is 0.957 bits per heavy atom. The summed E-state index contributed by atoms with van der Waals surface area (Å²) < 4.78 is 51.7. The molecule has 0 aliphatic carbocycles. The Bertz CT molecular complexity index is 728. The van der Waals surface area contributed by atoms with Gasteiger partial charge in [0.1, 0.15) is 17.2 Å². The van der Waals surface area contributed by atoms with Gasteiger partial charge in [0, 0.05) is 0 Å². The minimum absolute atomic E-state index is 0.286. The number of rotatable bonds is 5. The molecule has 0 heterocycles. The van der Waals surface area contributed by atoms with Crippen molar-refractivity contribution in [2.24, 2.45) is 0 Å². The highest BCUT2D eigenvalue weighted by Gasteiger charge is 2.39. The number of aliphatic hydroxyl groups is 1. The zero-order chi connectivity index (χ0) is 17.3. The number of sulfonamides is 1. The van der Waals surface area contributed by atoms with E-state index in [9.17, 15) is 22.3 Å². The number of hydrogen-bond donors (Lipinski definition) is 2. The lowest BCUT2D eigenvalue weighted by Crippen LogP contribution is -2.49. The van der Waals surface area contributed by atoms with Crippen LogP contribution in [0.1, 0.15) is 18.1 Å². The second-order valence-corrected chi connectivity index (χ2v) is 7.17. The van der Waals surface area contributed by atoms with Crippen LogP contribution in [0.15, 0.2) is 48.5 Å². The number of nitrogens with one attached hydrogen (secondary N) is 1. The predicted octanol–water partition coefficient (Wildman–Crippen LogP) is 2.14. The Hall–Kier alpha value is -1.83. The maximum Gasteiger partial charge on any atom is 0.209 e. The van der Waals surface area contributed by atoms with Gasteiger partial charge < -0.3 is 5.11 Å². The molecular weight excluding hydrogens is 324 g/mol. The molecule has 2 N–H and O–H groups in total. The summed E-state index contributed by atoms with van der Waals surface area (Å²) in [7, 11) is -3.60. The molecule has 124 valence electrons. The van der Waals surface area contributed by atoms with Crippen molar-refractivity contribution in [2.45, 2.75) is 18.6 Å². The number of halogens is 2. The van der Waals surface area contributed by atoms with Gasteiger partial charge in [-0.2, -0.15) is 0 Å². The van der Waals surface area contributed by atoms with E-state index in [2.05, 4.69) is 4.72 Å². The Balaban J connectivity index is 2.58. The third-order valence-electron chi connectivity index (χ3n) is 3.59. The first-order valence-corrected chi connectivity index (χ1v) is 8.74. The molecular formula is C16H17F2NO3S. The van der Waals surface area contributed by atoms with Gasteiger partial charge in [-0.1, -0.05) is 24.3 Å². The van der Waals surface area contributed by atoms with Crippen molar-refractivity contribution in [3.05, 3.63) is 71.3 Å². The lowest BCUT2D eigenvalue weighted by molar-refractivity contribution is 0.0519. The molecule has 0 aliphatic rings. The summed E-state index contributed by atoms with van der Waals surface area (Å²) in [6, 6.07) is 9.13. The van der Waals surface area contributed by atoms with Crippen LogP contribution >= 0.6 is 0 Å². The van der Waals surface area contributed by atoms with Gasteiger partial charge in [0.05, 0.1) is 12.3 Å². The van der Waals surface area contributed by atoms with Crippen molar-refractivity contribution in [2.75, 3.05) is 6.26 Å². The van der Waals surface area contributed by atoms with Crippen LogP contribution in [0.5, 0.6) is 0 Å². The maximum absolute atomic E-state index is 13.2. The summed E-state index contributed by atoms with van der Waals surface area (Å²) in [6.45, 7) is 1.48. The van der Waals surface area contributed by atoms with Crippen LogP contribution in [0.3, 0.4) is 0 Å². The molecule has 0 bridgehead atoms. The van der Waals surface area contributed by atoms with Crippen LogP contribution in [-0.4, -0.2) is 25.8 Å². The Morgan fingerprint density at radius 2 is 1.30 bits per heavy atom. The van der Waals surface area contributed by atoms with Crippen LogP contribution in [-0.2, 0) is 15.6 Å². The molecule has 0 fully saturated rings. The van der Waals surface area contributed by atoms with E-state index < -0.39 is 33.3 Å². The topological polar surface area (TPSA) is 66.4 Å². The fourth-order valence-corrected chi connectivity index (χ4v) is 3.29. The molecule has 0 saturated heterocycles. The molecule has 0 spiro atoms. The van der Waals surface area contributed by atoms with E-state index in [4.69, 9.17) is 0 Å². The van der Waals surface area contributed by atoms with Crippen molar-refractivity contribution >= 4 is 10.0 Å². The van der Waals surface area contributed by atoms with E-state index in [-0.39, 0.29) is 11.1 Å². The fourth-order valence-electron chi connectivity index (χ4n) is 2.48. The monoisotopic (exact) mass is 341 g/mol. The molecule has 0 radical (unpaired) electrons. The van der Waals surface area contributed by atoms with Gasteiger partial charge >= 0.3 is 0 Å². The van der Waals surface area contributed by atoms with Crippen molar-refractivity contribution in [1.29, 1.82) is 0 Å². The minimum Gasteiger partial charge on any atom is -0.379 e. The van der Waals surface area contributed by atoms with E-state index in [1.807, 2.05) is 0 Å². The third-order valence-corrected chi connectivity index (χ3v) is 4.37. The van der Waals surface area contributed by atoms with Gasteiger partial charge in [0.15, 0.2) is 0 Å². The summed E-state index contributed by atoms with van der Waals surface area (Å²) in [5.74, 6) is -0.974. The van der Waals surface area contributed by atoms with Gasteiger partial charge in [-0.25, -0.2) is 21.9 Å². The predicted molar refractivity (Wildman–Crippen MR) is 83.2 cm³/mol. The van der Waals surface area contributed by atoms with Gasteiger partial charge in [-0.05, 0) is 42.3 Å². The summed E-state index contributed by atoms with van der Waals surface area (Å²) in [4.78, 5) is 0. The number of hydrogen-bond acceptors (Lipinski definition) is 3. The third kappa shape index (κ3) is 3.93. The SMILES string of the molecule is C[C@H](NS(C)(=O)=O)C(O)(c1ccc(F)cc1)c1ccc(F)cc1. The first-order chi connectivity index (χ1) is 10.6. The van der Waals surface area contributed by atoms with Gasteiger partial charge in [0.2, 0.25) is 10.0 Å². The number of benzene rings is 2. The molecule has 0 unspecified atom stereocenters. The summed E-state index contributed by atoms with van der Waals surface area (Å²) in [6.07, 6.45) is 0.971. The highest BCUT2D eigenvalue weighted by atomic mass is 32.2. The van der Waals surface area contributed by atoms with Crippen LogP contribution < -0.4 is 4.72 Å². The first kappa shape index (κ1) is 17.5. The normalized spacial score (nSPS) is 13.8. The molecule has 2 rings (SSSR count). The first-order valence-electron chi connectivity index (χ1n) is 6.84. The van der Waals surface area contributed by atoms with Crippen LogP contribution in [0.25, 0.3) is 0 Å². The maximum atomic E-state index is 13.2. The smallest absolute Gasteiger partial charge is 0.209 e. The lowest BCUT2D eigenvalue weighted by atomic mass is 9.81. The Labute approximate surface area is 133 Å². The quantitative estimate of drug-likeness (QED) is 0.876. The van der Waals surface area contributed by atoms with Crippen molar-refractivity contribution in [1.82, 2.24) is 4.72 Å². The second kappa shape index (κ2) is 6.35. The lowest BCUT2D eigenvalue weighted by Gasteiger charge is -2.35. The van der Waals surface area contributed by atoms with E-state index in [0.717, 1.165) is 30.5 Å². The van der Waals surface area contributed by atoms with Crippen molar-refractivity contribution in [3.63, 3.8) is 0 Å². The highest BCUT2D eigenvalue weighted by Crippen LogP contribution is 2.33. The summed E-state index contributed by atoms with van der Waals surface area (Å²) in [5.41, 5.74) is -1.21. The van der Waals surface area contributed by atoms with Crippen LogP contribution in [0.2, 0.25) is 0 Å². The molecule has 7 heteroatoms. The fraction of sp³-hybridized carbons (Fsp3) is 0.250. The van der Waals surface area contributed by atoms with E-state index in [0.29, 0.717) is 0 Å². The van der Waals surface area contributed by atoms with Crippen molar-refractivity contribution < 1.29 is 22.3 Å². The zero-order valence-electron chi connectivity index (χ0n) is 12.6. The summed E-state index contributed by atoms with van der Waals surface area (Å²) >= 11 is 0. The molecule has 0 saturated carbocycles. The molecule has 0 aromatic heterocycles. The molecule has 4 nitrogen and oxygen atoms in total. The van der Waals surface area contributed by atoms with Gasteiger partial charge in [0.25, 0.3) is 0 Å². The standard InChI is InChI=1S/C16H17F2NO3S/c1-11(19-23(2,21)22)16(20,12-3-7-14(17)8-4-12)13-5-9-15(18)10-6-13/h3-11,19-20H,1-2H3/t11-/m0/s1. The average Bonchev–Trinajstić information content (AvgIpc) is 2.46. The molecule has 1 atom stereocenters. The van der Waals surface area contributed by atoms with Crippen LogP contribution in [0, 0.1) is 11.6 Å². The second-order valence-electron chi connectivity index (χ2n) is 5.39. The minimum atomic E-state index is -3.60. The average molecular weight is 341 g/mol. The molecule has 2 aromatic carbocycles. The highest BCUT2D eigenvalue weighted by molar-refractivity contribution is 7.88. The molecule has 0 amide bonds. The van der Waals surface area contributed by atoms with E-state index >= 15 is 0 Å². The Kier molecular flexibility index (Phi) is 4.84. The molecule has 2 aromatic rings. The molecule has 23 heavy (non-hydrogen) atoms. The zero-order valence-corrected chi connectivity index (χ0v) is 13.4.